The number of amides is 1. The molecule has 27 heavy (non-hydrogen) atoms. The topological polar surface area (TPSA) is 73.6 Å². The summed E-state index contributed by atoms with van der Waals surface area (Å²) < 4.78 is 17.4. The predicted octanol–water partition coefficient (Wildman–Crippen LogP) is 4.22. The van der Waals surface area contributed by atoms with Gasteiger partial charge in [-0.2, -0.15) is 0 Å². The van der Waals surface area contributed by atoms with Gasteiger partial charge >= 0.3 is 0 Å². The molecule has 3 heterocycles. The van der Waals surface area contributed by atoms with Crippen LogP contribution in [0, 0.1) is 0 Å². The Morgan fingerprint density at radius 3 is 2.89 bits per heavy atom. The van der Waals surface area contributed by atoms with Crippen molar-refractivity contribution < 1.29 is 18.7 Å². The standard InChI is InChI=1S/C20H14N2O4S/c23-19(21-10-12-5-6-14-17(9-12)25-11-24-14)15-7-8-16(26-15)20-22-13-3-1-2-4-18(13)27-20/h1-9H,10-11H2,(H,21,23). The van der Waals surface area contributed by atoms with Crippen molar-refractivity contribution in [2.24, 2.45) is 0 Å². The van der Waals surface area contributed by atoms with Gasteiger partial charge in [-0.3, -0.25) is 4.79 Å². The van der Waals surface area contributed by atoms with Crippen molar-refractivity contribution in [2.75, 3.05) is 6.79 Å². The molecule has 0 fully saturated rings. The molecule has 0 bridgehead atoms. The third-order valence-electron chi connectivity index (χ3n) is 4.22. The Morgan fingerprint density at radius 2 is 1.96 bits per heavy atom. The van der Waals surface area contributed by atoms with Crippen molar-refractivity contribution in [3.05, 3.63) is 65.9 Å². The summed E-state index contributed by atoms with van der Waals surface area (Å²) in [6.45, 7) is 0.596. The van der Waals surface area contributed by atoms with Crippen LogP contribution in [-0.4, -0.2) is 17.7 Å². The van der Waals surface area contributed by atoms with Gasteiger partial charge in [-0.15, -0.1) is 11.3 Å². The van der Waals surface area contributed by atoms with Crippen LogP contribution < -0.4 is 14.8 Å². The van der Waals surface area contributed by atoms with Crippen molar-refractivity contribution in [3.8, 4) is 22.3 Å². The molecule has 134 valence electrons. The molecule has 0 unspecified atom stereocenters. The van der Waals surface area contributed by atoms with Crippen molar-refractivity contribution in [3.63, 3.8) is 0 Å². The second kappa shape index (κ2) is 6.44. The van der Waals surface area contributed by atoms with E-state index in [1.165, 1.54) is 11.3 Å². The second-order valence-electron chi connectivity index (χ2n) is 6.02. The number of carbonyl (C=O) groups excluding carboxylic acids is 1. The lowest BCUT2D eigenvalue weighted by Gasteiger charge is -2.04. The molecule has 0 spiro atoms. The van der Waals surface area contributed by atoms with E-state index in [0.717, 1.165) is 26.5 Å². The third-order valence-corrected chi connectivity index (χ3v) is 5.28. The fourth-order valence-corrected chi connectivity index (χ4v) is 3.80. The molecule has 0 saturated heterocycles. The van der Waals surface area contributed by atoms with Gasteiger partial charge in [-0.05, 0) is 42.0 Å². The summed E-state index contributed by atoms with van der Waals surface area (Å²) >= 11 is 1.53. The Kier molecular flexibility index (Phi) is 3.79. The van der Waals surface area contributed by atoms with Crippen LogP contribution in [0.15, 0.2) is 59.0 Å². The Morgan fingerprint density at radius 1 is 1.07 bits per heavy atom. The molecule has 1 aliphatic rings. The van der Waals surface area contributed by atoms with E-state index in [-0.39, 0.29) is 18.5 Å². The number of para-hydroxylation sites is 1. The average molecular weight is 378 g/mol. The van der Waals surface area contributed by atoms with E-state index in [1.807, 2.05) is 42.5 Å². The van der Waals surface area contributed by atoms with Crippen molar-refractivity contribution in [1.82, 2.24) is 10.3 Å². The number of aromatic nitrogens is 1. The Balaban J connectivity index is 1.29. The van der Waals surface area contributed by atoms with E-state index < -0.39 is 0 Å². The van der Waals surface area contributed by atoms with Gasteiger partial charge in [0, 0.05) is 6.54 Å². The molecule has 5 rings (SSSR count). The molecular formula is C20H14N2O4S. The molecule has 6 nitrogen and oxygen atoms in total. The molecule has 0 aliphatic carbocycles. The van der Waals surface area contributed by atoms with Gasteiger partial charge in [0.15, 0.2) is 28.0 Å². The van der Waals surface area contributed by atoms with Crippen molar-refractivity contribution >= 4 is 27.5 Å². The van der Waals surface area contributed by atoms with Crippen LogP contribution in [0.2, 0.25) is 0 Å². The lowest BCUT2D eigenvalue weighted by atomic mass is 10.2. The number of furan rings is 1. The van der Waals surface area contributed by atoms with Crippen LogP contribution in [0.5, 0.6) is 11.5 Å². The van der Waals surface area contributed by atoms with E-state index in [0.29, 0.717) is 18.1 Å². The van der Waals surface area contributed by atoms with Crippen LogP contribution >= 0.6 is 11.3 Å². The highest BCUT2D eigenvalue weighted by molar-refractivity contribution is 7.21. The highest BCUT2D eigenvalue weighted by Crippen LogP contribution is 2.33. The third kappa shape index (κ3) is 3.02. The lowest BCUT2D eigenvalue weighted by Crippen LogP contribution is -2.22. The number of thiazole rings is 1. The number of hydrogen-bond donors (Lipinski definition) is 1. The van der Waals surface area contributed by atoms with Gasteiger partial charge in [0.2, 0.25) is 6.79 Å². The molecule has 2 aromatic heterocycles. The largest absolute Gasteiger partial charge is 0.454 e. The summed E-state index contributed by atoms with van der Waals surface area (Å²) in [5.74, 6) is 1.98. The van der Waals surface area contributed by atoms with Crippen LogP contribution in [-0.2, 0) is 6.54 Å². The van der Waals surface area contributed by atoms with Gasteiger partial charge in [-0.25, -0.2) is 4.98 Å². The molecule has 0 atom stereocenters. The summed E-state index contributed by atoms with van der Waals surface area (Å²) in [6.07, 6.45) is 0. The molecular weight excluding hydrogens is 364 g/mol. The second-order valence-corrected chi connectivity index (χ2v) is 7.05. The monoisotopic (exact) mass is 378 g/mol. The summed E-state index contributed by atoms with van der Waals surface area (Å²) in [6, 6.07) is 16.9. The Hall–Kier alpha value is -3.32. The predicted molar refractivity (Wildman–Crippen MR) is 101 cm³/mol. The molecule has 0 saturated carbocycles. The van der Waals surface area contributed by atoms with E-state index in [2.05, 4.69) is 10.3 Å². The van der Waals surface area contributed by atoms with E-state index >= 15 is 0 Å². The first-order valence-corrected chi connectivity index (χ1v) is 9.20. The Labute approximate surface area is 158 Å². The zero-order valence-electron chi connectivity index (χ0n) is 14.1. The molecule has 1 N–H and O–H groups in total. The first kappa shape index (κ1) is 15.9. The molecule has 4 aromatic rings. The fraction of sp³-hybridized carbons (Fsp3) is 0.100. The zero-order chi connectivity index (χ0) is 18.2. The summed E-state index contributed by atoms with van der Waals surface area (Å²) in [5.41, 5.74) is 1.84. The molecule has 1 amide bonds. The molecule has 0 radical (unpaired) electrons. The van der Waals surface area contributed by atoms with Gasteiger partial charge < -0.3 is 19.2 Å². The highest BCUT2D eigenvalue weighted by atomic mass is 32.1. The molecule has 1 aliphatic heterocycles. The lowest BCUT2D eigenvalue weighted by molar-refractivity contribution is 0.0924. The van der Waals surface area contributed by atoms with Crippen LogP contribution in [0.4, 0.5) is 0 Å². The first-order valence-electron chi connectivity index (χ1n) is 8.39. The van der Waals surface area contributed by atoms with E-state index in [9.17, 15) is 4.79 Å². The number of carbonyl (C=O) groups is 1. The number of rotatable bonds is 4. The maximum absolute atomic E-state index is 12.4. The van der Waals surface area contributed by atoms with Gasteiger partial charge in [-0.1, -0.05) is 18.2 Å². The van der Waals surface area contributed by atoms with Crippen LogP contribution in [0.1, 0.15) is 16.1 Å². The minimum absolute atomic E-state index is 0.228. The number of nitrogens with zero attached hydrogens (tertiary/aromatic N) is 1. The number of ether oxygens (including phenoxy) is 2. The number of fused-ring (bicyclic) bond motifs is 2. The quantitative estimate of drug-likeness (QED) is 0.576. The smallest absolute Gasteiger partial charge is 0.287 e. The van der Waals surface area contributed by atoms with Gasteiger partial charge in [0.25, 0.3) is 5.91 Å². The maximum Gasteiger partial charge on any atom is 0.287 e. The fourth-order valence-electron chi connectivity index (χ4n) is 2.87. The minimum Gasteiger partial charge on any atom is -0.454 e. The van der Waals surface area contributed by atoms with Crippen LogP contribution in [0.3, 0.4) is 0 Å². The minimum atomic E-state index is -0.278. The van der Waals surface area contributed by atoms with Crippen LogP contribution in [0.25, 0.3) is 21.0 Å². The number of hydrogen-bond acceptors (Lipinski definition) is 6. The van der Waals surface area contributed by atoms with Crippen molar-refractivity contribution in [1.29, 1.82) is 0 Å². The van der Waals surface area contributed by atoms with E-state index in [4.69, 9.17) is 13.9 Å². The van der Waals surface area contributed by atoms with E-state index in [1.54, 1.807) is 12.1 Å². The first-order chi connectivity index (χ1) is 13.3. The average Bonchev–Trinajstić information content (AvgIpc) is 3.43. The number of nitrogens with one attached hydrogen (secondary N) is 1. The normalized spacial score (nSPS) is 12.4. The highest BCUT2D eigenvalue weighted by Gasteiger charge is 2.16. The molecule has 2 aromatic carbocycles. The summed E-state index contributed by atoms with van der Waals surface area (Å²) in [4.78, 5) is 16.9. The number of benzene rings is 2. The summed E-state index contributed by atoms with van der Waals surface area (Å²) in [7, 11) is 0. The SMILES string of the molecule is O=C(NCc1ccc2c(c1)OCO2)c1ccc(-c2nc3ccccc3s2)o1. The van der Waals surface area contributed by atoms with Gasteiger partial charge in [0.1, 0.15) is 0 Å². The van der Waals surface area contributed by atoms with Gasteiger partial charge in [0.05, 0.1) is 10.2 Å². The van der Waals surface area contributed by atoms with Crippen molar-refractivity contribution in [2.45, 2.75) is 6.54 Å². The molecule has 7 heteroatoms. The zero-order valence-corrected chi connectivity index (χ0v) is 14.9. The Bertz CT molecular complexity index is 1110. The summed E-state index contributed by atoms with van der Waals surface area (Å²) in [5, 5.41) is 3.61. The maximum atomic E-state index is 12.4.